The molecular formula is C10H16N2O. The van der Waals surface area contributed by atoms with Gasteiger partial charge in [0.25, 0.3) is 0 Å². The summed E-state index contributed by atoms with van der Waals surface area (Å²) in [6.07, 6.45) is 1.71. The summed E-state index contributed by atoms with van der Waals surface area (Å²) in [6, 6.07) is 0.468. The second kappa shape index (κ2) is 3.13. The average Bonchev–Trinajstić information content (AvgIpc) is 2.02. The van der Waals surface area contributed by atoms with Crippen molar-refractivity contribution in [3.63, 3.8) is 0 Å². The van der Waals surface area contributed by atoms with Gasteiger partial charge in [0.15, 0.2) is 0 Å². The normalized spacial score (nSPS) is 39.1. The maximum absolute atomic E-state index is 11.6. The summed E-state index contributed by atoms with van der Waals surface area (Å²) >= 11 is 0. The summed E-state index contributed by atoms with van der Waals surface area (Å²) < 4.78 is 0. The van der Waals surface area contributed by atoms with Crippen molar-refractivity contribution in [3.05, 3.63) is 0 Å². The van der Waals surface area contributed by atoms with Gasteiger partial charge in [0.05, 0.1) is 5.92 Å². The Balaban J connectivity index is 2.24. The number of amidine groups is 1. The van der Waals surface area contributed by atoms with Gasteiger partial charge in [0, 0.05) is 19.0 Å². The molecule has 2 aliphatic heterocycles. The summed E-state index contributed by atoms with van der Waals surface area (Å²) in [5, 5.41) is 3.31. The maximum atomic E-state index is 11.6. The van der Waals surface area contributed by atoms with E-state index in [1.54, 1.807) is 0 Å². The van der Waals surface area contributed by atoms with E-state index in [1.165, 1.54) is 0 Å². The maximum Gasteiger partial charge on any atom is 0.145 e. The number of nitrogens with zero attached hydrogens (tertiary/aromatic N) is 1. The molecule has 1 saturated heterocycles. The molecule has 0 saturated carbocycles. The van der Waals surface area contributed by atoms with Crippen LogP contribution in [0.1, 0.15) is 26.7 Å². The number of hydrogen-bond acceptors (Lipinski definition) is 3. The van der Waals surface area contributed by atoms with Crippen LogP contribution in [0.3, 0.4) is 0 Å². The summed E-state index contributed by atoms with van der Waals surface area (Å²) in [5.41, 5.74) is 0. The van der Waals surface area contributed by atoms with Crippen LogP contribution in [0.2, 0.25) is 0 Å². The molecule has 0 bridgehead atoms. The van der Waals surface area contributed by atoms with Crippen LogP contribution in [0.25, 0.3) is 0 Å². The van der Waals surface area contributed by atoms with Gasteiger partial charge in [-0.05, 0) is 19.3 Å². The predicted octanol–water partition coefficient (Wildman–Crippen LogP) is 0.992. The van der Waals surface area contributed by atoms with Crippen LogP contribution in [-0.4, -0.2) is 24.2 Å². The number of fused-ring (bicyclic) bond motifs is 1. The zero-order valence-electron chi connectivity index (χ0n) is 8.21. The van der Waals surface area contributed by atoms with Gasteiger partial charge in [0.2, 0.25) is 0 Å². The van der Waals surface area contributed by atoms with Crippen molar-refractivity contribution in [1.29, 1.82) is 0 Å². The van der Waals surface area contributed by atoms with E-state index in [9.17, 15) is 4.79 Å². The fourth-order valence-electron chi connectivity index (χ4n) is 2.42. The van der Waals surface area contributed by atoms with Crippen molar-refractivity contribution >= 4 is 11.6 Å². The second-order valence-corrected chi connectivity index (χ2v) is 4.22. The highest BCUT2D eigenvalue weighted by Gasteiger charge is 2.36. The molecule has 3 unspecified atom stereocenters. The van der Waals surface area contributed by atoms with Gasteiger partial charge in [-0.3, -0.25) is 9.79 Å². The molecule has 0 amide bonds. The third kappa shape index (κ3) is 1.47. The molecule has 1 fully saturated rings. The Labute approximate surface area is 78.6 Å². The molecule has 3 atom stereocenters. The zero-order valence-corrected chi connectivity index (χ0v) is 8.21. The molecule has 0 aromatic rings. The zero-order chi connectivity index (χ0) is 9.42. The molecule has 2 aliphatic rings. The Morgan fingerprint density at radius 2 is 2.23 bits per heavy atom. The van der Waals surface area contributed by atoms with E-state index in [1.807, 2.05) is 0 Å². The second-order valence-electron chi connectivity index (χ2n) is 4.22. The van der Waals surface area contributed by atoms with Gasteiger partial charge in [0.1, 0.15) is 11.6 Å². The van der Waals surface area contributed by atoms with Gasteiger partial charge in [-0.1, -0.05) is 6.92 Å². The van der Waals surface area contributed by atoms with E-state index >= 15 is 0 Å². The van der Waals surface area contributed by atoms with Crippen molar-refractivity contribution in [2.24, 2.45) is 16.8 Å². The number of ketones is 1. The highest BCUT2D eigenvalue weighted by Crippen LogP contribution is 2.27. The Hall–Kier alpha value is -0.860. The molecule has 3 heteroatoms. The lowest BCUT2D eigenvalue weighted by molar-refractivity contribution is -0.122. The van der Waals surface area contributed by atoms with E-state index in [2.05, 4.69) is 24.2 Å². The molecule has 13 heavy (non-hydrogen) atoms. The van der Waals surface area contributed by atoms with Gasteiger partial charge >= 0.3 is 0 Å². The number of carbonyl (C=O) groups excluding carboxylic acids is 1. The fraction of sp³-hybridized carbons (Fsp3) is 0.800. The number of nitrogens with one attached hydrogen (secondary N) is 1. The van der Waals surface area contributed by atoms with E-state index in [-0.39, 0.29) is 5.92 Å². The van der Waals surface area contributed by atoms with Crippen molar-refractivity contribution in [2.45, 2.75) is 32.7 Å². The van der Waals surface area contributed by atoms with Crippen molar-refractivity contribution < 1.29 is 4.79 Å². The Kier molecular flexibility index (Phi) is 2.10. The lowest BCUT2D eigenvalue weighted by atomic mass is 9.79. The van der Waals surface area contributed by atoms with Crippen LogP contribution in [-0.2, 0) is 4.79 Å². The first kappa shape index (κ1) is 8.73. The summed E-state index contributed by atoms with van der Waals surface area (Å²) in [6.45, 7) is 4.98. The van der Waals surface area contributed by atoms with Crippen molar-refractivity contribution in [3.8, 4) is 0 Å². The van der Waals surface area contributed by atoms with Gasteiger partial charge in [-0.25, -0.2) is 0 Å². The average molecular weight is 180 g/mol. The highest BCUT2D eigenvalue weighted by atomic mass is 16.1. The molecular weight excluding hydrogens is 164 g/mol. The molecule has 2 rings (SSSR count). The molecule has 2 heterocycles. The minimum Gasteiger partial charge on any atom is -0.371 e. The summed E-state index contributed by atoms with van der Waals surface area (Å²) in [5.74, 6) is 1.85. The van der Waals surface area contributed by atoms with Crippen LogP contribution in [0.4, 0.5) is 0 Å². The quantitative estimate of drug-likeness (QED) is 0.604. The SMILES string of the molecule is CC1CC(C)C2C(=O)CCN=C2N1. The van der Waals surface area contributed by atoms with Crippen LogP contribution in [0.5, 0.6) is 0 Å². The van der Waals surface area contributed by atoms with Crippen LogP contribution in [0, 0.1) is 11.8 Å². The fourth-order valence-corrected chi connectivity index (χ4v) is 2.42. The van der Waals surface area contributed by atoms with Crippen molar-refractivity contribution in [2.75, 3.05) is 6.54 Å². The number of Topliss-reactive ketones (excluding diaryl/α,β-unsaturated/α-hetero) is 1. The van der Waals surface area contributed by atoms with E-state index in [0.29, 0.717) is 30.7 Å². The van der Waals surface area contributed by atoms with E-state index < -0.39 is 0 Å². The topological polar surface area (TPSA) is 41.5 Å². The lowest BCUT2D eigenvalue weighted by Gasteiger charge is -2.36. The number of aliphatic imine (C=N–C) groups is 1. The molecule has 0 aliphatic carbocycles. The standard InChI is InChI=1S/C10H16N2O/c1-6-5-7(2)12-10-9(6)8(13)3-4-11-10/h6-7,9H,3-5H2,1-2H3,(H,11,12). The molecule has 0 aromatic carbocycles. The van der Waals surface area contributed by atoms with Gasteiger partial charge in [-0.2, -0.15) is 0 Å². The third-order valence-corrected chi connectivity index (χ3v) is 2.97. The van der Waals surface area contributed by atoms with E-state index in [4.69, 9.17) is 0 Å². The Morgan fingerprint density at radius 1 is 1.46 bits per heavy atom. The van der Waals surface area contributed by atoms with Crippen LogP contribution < -0.4 is 5.32 Å². The largest absolute Gasteiger partial charge is 0.371 e. The number of rotatable bonds is 0. The Bertz CT molecular complexity index is 260. The first-order valence-corrected chi connectivity index (χ1v) is 5.02. The number of hydrogen-bond donors (Lipinski definition) is 1. The summed E-state index contributed by atoms with van der Waals surface area (Å²) in [7, 11) is 0. The third-order valence-electron chi connectivity index (χ3n) is 2.97. The minimum atomic E-state index is 0.0740. The van der Waals surface area contributed by atoms with Crippen LogP contribution in [0.15, 0.2) is 4.99 Å². The van der Waals surface area contributed by atoms with Crippen molar-refractivity contribution in [1.82, 2.24) is 5.32 Å². The van der Waals surface area contributed by atoms with Gasteiger partial charge in [-0.15, -0.1) is 0 Å². The predicted molar refractivity (Wildman–Crippen MR) is 51.8 cm³/mol. The highest BCUT2D eigenvalue weighted by molar-refractivity contribution is 6.06. The molecule has 3 nitrogen and oxygen atoms in total. The molecule has 0 radical (unpaired) electrons. The van der Waals surface area contributed by atoms with E-state index in [0.717, 1.165) is 12.3 Å². The molecule has 0 spiro atoms. The van der Waals surface area contributed by atoms with Crippen LogP contribution >= 0.6 is 0 Å². The number of piperidine rings is 1. The molecule has 0 aromatic heterocycles. The number of carbonyl (C=O) groups is 1. The van der Waals surface area contributed by atoms with Gasteiger partial charge < -0.3 is 5.32 Å². The summed E-state index contributed by atoms with van der Waals surface area (Å²) in [4.78, 5) is 16.0. The molecule has 1 N–H and O–H groups in total. The molecule has 72 valence electrons. The first-order valence-electron chi connectivity index (χ1n) is 5.02. The minimum absolute atomic E-state index is 0.0740. The Morgan fingerprint density at radius 3 is 3.00 bits per heavy atom. The smallest absolute Gasteiger partial charge is 0.145 e. The first-order chi connectivity index (χ1) is 6.18. The monoisotopic (exact) mass is 180 g/mol. The lowest BCUT2D eigenvalue weighted by Crippen LogP contribution is -2.51.